The van der Waals surface area contributed by atoms with Crippen LogP contribution in [0.4, 0.5) is 24.7 Å². The second-order valence-electron chi connectivity index (χ2n) is 4.28. The topological polar surface area (TPSA) is 101 Å². The van der Waals surface area contributed by atoms with Crippen molar-refractivity contribution in [1.29, 1.82) is 0 Å². The van der Waals surface area contributed by atoms with Gasteiger partial charge in [-0.05, 0) is 24.6 Å². The van der Waals surface area contributed by atoms with Crippen molar-refractivity contribution in [1.82, 2.24) is 10.2 Å². The molecule has 0 aliphatic heterocycles. The highest BCUT2D eigenvalue weighted by molar-refractivity contribution is 7.92. The number of nitrogens with one attached hydrogen (secondary N) is 2. The summed E-state index contributed by atoms with van der Waals surface area (Å²) in [5.74, 6) is -0.203. The van der Waals surface area contributed by atoms with Gasteiger partial charge in [0.25, 0.3) is 10.0 Å². The van der Waals surface area contributed by atoms with Crippen molar-refractivity contribution in [2.24, 2.45) is 0 Å². The van der Waals surface area contributed by atoms with Crippen molar-refractivity contribution in [3.63, 3.8) is 0 Å². The molecule has 0 spiro atoms. The van der Waals surface area contributed by atoms with Crippen LogP contribution in [0.5, 0.6) is 0 Å². The van der Waals surface area contributed by atoms with Crippen molar-refractivity contribution >= 4 is 21.5 Å². The number of aryl methyl sites for hydroxylation is 1. The van der Waals surface area contributed by atoms with E-state index < -0.39 is 21.8 Å². The average molecular weight is 320 g/mol. The van der Waals surface area contributed by atoms with Gasteiger partial charge in [-0.3, -0.25) is 9.82 Å². The van der Waals surface area contributed by atoms with E-state index in [1.165, 1.54) is 19.1 Å². The summed E-state index contributed by atoms with van der Waals surface area (Å²) in [6.07, 6.45) is -3.60. The monoisotopic (exact) mass is 320 g/mol. The Morgan fingerprint density at radius 3 is 2.52 bits per heavy atom. The van der Waals surface area contributed by atoms with Crippen LogP contribution in [-0.2, 0) is 16.2 Å². The molecule has 1 aromatic carbocycles. The number of nitrogens with two attached hydrogens (primary N) is 1. The van der Waals surface area contributed by atoms with E-state index in [9.17, 15) is 21.6 Å². The third-order valence-electron chi connectivity index (χ3n) is 2.72. The number of halogens is 3. The molecule has 2 rings (SSSR count). The number of H-pyrrole nitrogens is 1. The molecule has 1 heterocycles. The van der Waals surface area contributed by atoms with Crippen LogP contribution >= 0.6 is 0 Å². The van der Waals surface area contributed by atoms with Gasteiger partial charge in [0.05, 0.1) is 11.8 Å². The molecular weight excluding hydrogens is 309 g/mol. The van der Waals surface area contributed by atoms with Crippen LogP contribution < -0.4 is 10.5 Å². The molecule has 0 unspecified atom stereocenters. The van der Waals surface area contributed by atoms with Crippen LogP contribution in [0.15, 0.2) is 29.3 Å². The first-order valence-corrected chi connectivity index (χ1v) is 7.09. The summed E-state index contributed by atoms with van der Waals surface area (Å²) in [6.45, 7) is 1.29. The minimum absolute atomic E-state index is 0.00623. The number of nitrogens with zero attached hydrogens (tertiary/aromatic N) is 1. The number of aromatic amines is 1. The lowest BCUT2D eigenvalue weighted by Crippen LogP contribution is -2.15. The molecule has 2 aromatic rings. The summed E-state index contributed by atoms with van der Waals surface area (Å²) >= 11 is 0. The number of alkyl halides is 3. The maximum absolute atomic E-state index is 12.8. The molecule has 0 aliphatic carbocycles. The van der Waals surface area contributed by atoms with Gasteiger partial charge in [-0.15, -0.1) is 0 Å². The van der Waals surface area contributed by atoms with Gasteiger partial charge in [-0.1, -0.05) is 6.07 Å². The molecule has 0 aliphatic rings. The van der Waals surface area contributed by atoms with E-state index in [0.717, 1.165) is 12.3 Å². The Bertz CT molecular complexity index is 768. The van der Waals surface area contributed by atoms with E-state index in [2.05, 4.69) is 10.2 Å². The summed E-state index contributed by atoms with van der Waals surface area (Å²) in [5, 5.41) is 5.69. The molecular formula is C11H11F3N4O2S. The largest absolute Gasteiger partial charge is 0.416 e. The maximum atomic E-state index is 12.8. The second kappa shape index (κ2) is 4.95. The number of nitrogen functional groups attached to an aromatic ring is 1. The van der Waals surface area contributed by atoms with Crippen molar-refractivity contribution in [2.45, 2.75) is 18.0 Å². The van der Waals surface area contributed by atoms with Gasteiger partial charge in [0.1, 0.15) is 10.7 Å². The third-order valence-corrected chi connectivity index (χ3v) is 4.13. The molecule has 1 aromatic heterocycles. The Labute approximate surface area is 118 Å². The van der Waals surface area contributed by atoms with E-state index in [1.54, 1.807) is 0 Å². The average Bonchev–Trinajstić information content (AvgIpc) is 2.77. The molecule has 0 saturated carbocycles. The van der Waals surface area contributed by atoms with Gasteiger partial charge in [-0.25, -0.2) is 8.42 Å². The maximum Gasteiger partial charge on any atom is 0.416 e. The van der Waals surface area contributed by atoms with Crippen molar-refractivity contribution in [2.75, 3.05) is 10.5 Å². The summed E-state index contributed by atoms with van der Waals surface area (Å²) in [4.78, 5) is -0.336. The Morgan fingerprint density at radius 1 is 1.33 bits per heavy atom. The van der Waals surface area contributed by atoms with Crippen molar-refractivity contribution < 1.29 is 21.6 Å². The van der Waals surface area contributed by atoms with E-state index in [0.29, 0.717) is 0 Å². The minimum Gasteiger partial charge on any atom is -0.383 e. The molecule has 114 valence electrons. The Kier molecular flexibility index (Phi) is 3.58. The van der Waals surface area contributed by atoms with Gasteiger partial charge >= 0.3 is 6.18 Å². The van der Waals surface area contributed by atoms with E-state index in [4.69, 9.17) is 5.73 Å². The molecule has 21 heavy (non-hydrogen) atoms. The lowest BCUT2D eigenvalue weighted by Gasteiger charge is -2.13. The minimum atomic E-state index is -4.57. The van der Waals surface area contributed by atoms with Crippen molar-refractivity contribution in [3.8, 4) is 0 Å². The molecule has 0 bridgehead atoms. The molecule has 0 atom stereocenters. The van der Waals surface area contributed by atoms with Gasteiger partial charge in [0.15, 0.2) is 0 Å². The van der Waals surface area contributed by atoms with Gasteiger partial charge < -0.3 is 5.73 Å². The highest BCUT2D eigenvalue weighted by Gasteiger charge is 2.33. The normalized spacial score (nSPS) is 12.4. The lowest BCUT2D eigenvalue weighted by atomic mass is 10.1. The Hall–Kier alpha value is -2.23. The van der Waals surface area contributed by atoms with Crippen LogP contribution in [0.1, 0.15) is 11.1 Å². The number of anilines is 2. The van der Waals surface area contributed by atoms with Crippen LogP contribution in [-0.4, -0.2) is 18.6 Å². The van der Waals surface area contributed by atoms with Crippen LogP contribution in [0.2, 0.25) is 0 Å². The Balaban J connectivity index is 2.39. The van der Waals surface area contributed by atoms with Crippen LogP contribution in [0.25, 0.3) is 0 Å². The summed E-state index contributed by atoms with van der Waals surface area (Å²) in [5.41, 5.74) is 4.25. The first-order valence-electron chi connectivity index (χ1n) is 5.61. The fourth-order valence-electron chi connectivity index (χ4n) is 1.70. The quantitative estimate of drug-likeness (QED) is 0.806. The summed E-state index contributed by atoms with van der Waals surface area (Å²) < 4.78 is 64.4. The fourth-order valence-corrected chi connectivity index (χ4v) is 2.77. The smallest absolute Gasteiger partial charge is 0.383 e. The molecule has 0 saturated heterocycles. The van der Waals surface area contributed by atoms with Gasteiger partial charge in [0.2, 0.25) is 0 Å². The second-order valence-corrected chi connectivity index (χ2v) is 5.93. The van der Waals surface area contributed by atoms with Gasteiger partial charge in [-0.2, -0.15) is 18.3 Å². The molecule has 0 amide bonds. The number of hydrogen-bond acceptors (Lipinski definition) is 4. The number of benzene rings is 1. The summed E-state index contributed by atoms with van der Waals surface area (Å²) in [6, 6.07) is 3.14. The standard InChI is InChI=1S/C11H11F3N4O2S/c1-6-2-3-7(4-8(6)11(12,13)14)18-21(19,20)9-5-16-17-10(9)15/h2-5,18H,1H3,(H3,15,16,17). The molecule has 0 fully saturated rings. The summed E-state index contributed by atoms with van der Waals surface area (Å²) in [7, 11) is -4.11. The molecule has 6 nitrogen and oxygen atoms in total. The first kappa shape index (κ1) is 15.2. The SMILES string of the molecule is Cc1ccc(NS(=O)(=O)c2cn[nH]c2N)cc1C(F)(F)F. The van der Waals surface area contributed by atoms with Gasteiger partial charge in [0, 0.05) is 5.69 Å². The predicted molar refractivity (Wildman–Crippen MR) is 70.0 cm³/mol. The molecule has 4 N–H and O–H groups in total. The highest BCUT2D eigenvalue weighted by Crippen LogP contribution is 2.34. The number of hydrogen-bond donors (Lipinski definition) is 3. The van der Waals surface area contributed by atoms with E-state index >= 15 is 0 Å². The predicted octanol–water partition coefficient (Wildman–Crippen LogP) is 2.12. The molecule has 0 radical (unpaired) electrons. The third kappa shape index (κ3) is 3.10. The van der Waals surface area contributed by atoms with Crippen LogP contribution in [0.3, 0.4) is 0 Å². The van der Waals surface area contributed by atoms with E-state index in [1.807, 2.05) is 4.72 Å². The Morgan fingerprint density at radius 2 is 2.00 bits per heavy atom. The number of sulfonamides is 1. The molecule has 10 heteroatoms. The number of rotatable bonds is 3. The van der Waals surface area contributed by atoms with Crippen LogP contribution in [0, 0.1) is 6.92 Å². The van der Waals surface area contributed by atoms with E-state index in [-0.39, 0.29) is 22.0 Å². The highest BCUT2D eigenvalue weighted by atomic mass is 32.2. The lowest BCUT2D eigenvalue weighted by molar-refractivity contribution is -0.138. The zero-order chi connectivity index (χ0) is 15.8. The first-order chi connectivity index (χ1) is 9.61. The number of aromatic nitrogens is 2. The van der Waals surface area contributed by atoms with Crippen molar-refractivity contribution in [3.05, 3.63) is 35.5 Å². The zero-order valence-electron chi connectivity index (χ0n) is 10.7. The zero-order valence-corrected chi connectivity index (χ0v) is 11.5. The fraction of sp³-hybridized carbons (Fsp3) is 0.182.